The van der Waals surface area contributed by atoms with Gasteiger partial charge in [0.2, 0.25) is 0 Å². The van der Waals surface area contributed by atoms with Crippen LogP contribution in [0.4, 0.5) is 0 Å². The maximum atomic E-state index is 11.2. The van der Waals surface area contributed by atoms with E-state index in [2.05, 4.69) is 5.32 Å². The fourth-order valence-corrected chi connectivity index (χ4v) is 1.28. The van der Waals surface area contributed by atoms with Crippen molar-refractivity contribution < 1.29 is 19.0 Å². The van der Waals surface area contributed by atoms with E-state index in [1.165, 1.54) is 0 Å². The number of hydrogen-bond acceptors (Lipinski definition) is 5. The summed E-state index contributed by atoms with van der Waals surface area (Å²) in [5.74, 6) is -0.134. The Kier molecular flexibility index (Phi) is 12.9. The van der Waals surface area contributed by atoms with Crippen LogP contribution in [-0.4, -0.2) is 53.1 Å². The van der Waals surface area contributed by atoms with Crippen LogP contribution in [0.1, 0.15) is 25.7 Å². The van der Waals surface area contributed by atoms with Gasteiger partial charge in [0.1, 0.15) is 6.61 Å². The molecule has 0 aliphatic rings. The molecular weight excluding hydrogens is 222 g/mol. The Labute approximate surface area is 104 Å². The van der Waals surface area contributed by atoms with Crippen LogP contribution in [0.25, 0.3) is 0 Å². The summed E-state index contributed by atoms with van der Waals surface area (Å²) in [4.78, 5) is 11.2. The molecule has 0 saturated heterocycles. The predicted molar refractivity (Wildman–Crippen MR) is 66.0 cm³/mol. The molecule has 0 unspecified atom stereocenters. The molecule has 0 atom stereocenters. The van der Waals surface area contributed by atoms with Crippen molar-refractivity contribution in [2.24, 2.45) is 0 Å². The normalized spacial score (nSPS) is 10.5. The quantitative estimate of drug-likeness (QED) is 0.411. The van der Waals surface area contributed by atoms with E-state index in [1.807, 2.05) is 7.05 Å². The van der Waals surface area contributed by atoms with Gasteiger partial charge in [0.05, 0.1) is 19.8 Å². The molecule has 1 N–H and O–H groups in total. The Balaban J connectivity index is 3.12. The van der Waals surface area contributed by atoms with Crippen molar-refractivity contribution in [3.05, 3.63) is 0 Å². The van der Waals surface area contributed by atoms with Crippen LogP contribution >= 0.6 is 0 Å². The molecule has 0 spiro atoms. The van der Waals surface area contributed by atoms with Crippen molar-refractivity contribution in [2.75, 3.05) is 47.1 Å². The molecule has 0 aromatic rings. The second-order valence-electron chi connectivity index (χ2n) is 3.74. The van der Waals surface area contributed by atoms with Crippen LogP contribution < -0.4 is 5.32 Å². The lowest BCUT2D eigenvalue weighted by Gasteiger charge is -2.05. The highest BCUT2D eigenvalue weighted by Gasteiger charge is 2.01. The lowest BCUT2D eigenvalue weighted by molar-refractivity contribution is -0.145. The highest BCUT2D eigenvalue weighted by atomic mass is 16.6. The minimum absolute atomic E-state index is 0.134. The number of methoxy groups -OCH3 is 1. The Morgan fingerprint density at radius 1 is 1.06 bits per heavy atom. The first-order valence-corrected chi connectivity index (χ1v) is 6.18. The van der Waals surface area contributed by atoms with Crippen molar-refractivity contribution >= 4 is 5.97 Å². The topological polar surface area (TPSA) is 56.8 Å². The zero-order valence-electron chi connectivity index (χ0n) is 11.0. The lowest BCUT2D eigenvalue weighted by Crippen LogP contribution is -2.12. The summed E-state index contributed by atoms with van der Waals surface area (Å²) in [7, 11) is 3.55. The molecule has 0 aliphatic carbocycles. The van der Waals surface area contributed by atoms with Gasteiger partial charge in [-0.15, -0.1) is 0 Å². The van der Waals surface area contributed by atoms with E-state index < -0.39 is 0 Å². The summed E-state index contributed by atoms with van der Waals surface area (Å²) >= 11 is 0. The lowest BCUT2D eigenvalue weighted by atomic mass is 10.2. The molecule has 102 valence electrons. The number of carbonyl (C=O) groups is 1. The molecule has 0 radical (unpaired) electrons. The summed E-state index contributed by atoms with van der Waals surface area (Å²) in [6.45, 7) is 2.88. The van der Waals surface area contributed by atoms with E-state index in [9.17, 15) is 4.79 Å². The Hall–Kier alpha value is -0.650. The van der Waals surface area contributed by atoms with E-state index in [0.717, 1.165) is 25.8 Å². The third kappa shape index (κ3) is 13.3. The van der Waals surface area contributed by atoms with E-state index in [-0.39, 0.29) is 5.97 Å². The van der Waals surface area contributed by atoms with Gasteiger partial charge in [0.25, 0.3) is 0 Å². The van der Waals surface area contributed by atoms with Gasteiger partial charge in [-0.05, 0) is 26.4 Å². The maximum absolute atomic E-state index is 11.2. The van der Waals surface area contributed by atoms with Crippen LogP contribution in [0.2, 0.25) is 0 Å². The van der Waals surface area contributed by atoms with Gasteiger partial charge in [-0.25, -0.2) is 0 Å². The molecule has 0 rings (SSSR count). The molecule has 5 nitrogen and oxygen atoms in total. The number of ether oxygens (including phenoxy) is 3. The van der Waals surface area contributed by atoms with Gasteiger partial charge in [0.15, 0.2) is 0 Å². The molecule has 0 bridgehead atoms. The fraction of sp³-hybridized carbons (Fsp3) is 0.917. The van der Waals surface area contributed by atoms with Gasteiger partial charge in [0, 0.05) is 13.5 Å². The monoisotopic (exact) mass is 247 g/mol. The Bertz CT molecular complexity index is 176. The maximum Gasteiger partial charge on any atom is 0.305 e. The summed E-state index contributed by atoms with van der Waals surface area (Å²) in [6.07, 6.45) is 3.55. The number of unbranched alkanes of at least 4 members (excludes halogenated alkanes) is 2. The standard InChI is InChI=1S/C12H25NO4/c1-13-7-5-3-4-6-12(14)17-11-10-16-9-8-15-2/h13H,3-11H2,1-2H3. The third-order valence-corrected chi connectivity index (χ3v) is 2.23. The molecular formula is C12H25NO4. The zero-order valence-corrected chi connectivity index (χ0v) is 11.0. The summed E-state index contributed by atoms with van der Waals surface area (Å²) in [6, 6.07) is 0. The molecule has 0 aromatic carbocycles. The second-order valence-corrected chi connectivity index (χ2v) is 3.74. The number of esters is 1. The third-order valence-electron chi connectivity index (χ3n) is 2.23. The molecule has 0 aliphatic heterocycles. The van der Waals surface area contributed by atoms with Crippen LogP contribution in [0.15, 0.2) is 0 Å². The molecule has 17 heavy (non-hydrogen) atoms. The largest absolute Gasteiger partial charge is 0.463 e. The van der Waals surface area contributed by atoms with E-state index in [1.54, 1.807) is 7.11 Å². The van der Waals surface area contributed by atoms with Crippen molar-refractivity contribution in [1.29, 1.82) is 0 Å². The summed E-state index contributed by atoms with van der Waals surface area (Å²) < 4.78 is 15.0. The van der Waals surface area contributed by atoms with E-state index in [4.69, 9.17) is 14.2 Å². The van der Waals surface area contributed by atoms with Crippen LogP contribution in [0.5, 0.6) is 0 Å². The van der Waals surface area contributed by atoms with Gasteiger partial charge < -0.3 is 19.5 Å². The smallest absolute Gasteiger partial charge is 0.305 e. The number of carbonyl (C=O) groups excluding carboxylic acids is 1. The minimum Gasteiger partial charge on any atom is -0.463 e. The first-order chi connectivity index (χ1) is 8.31. The van der Waals surface area contributed by atoms with Gasteiger partial charge in [-0.2, -0.15) is 0 Å². The summed E-state index contributed by atoms with van der Waals surface area (Å²) in [5.41, 5.74) is 0. The van der Waals surface area contributed by atoms with Crippen LogP contribution in [0.3, 0.4) is 0 Å². The van der Waals surface area contributed by atoms with Crippen molar-refractivity contribution in [3.8, 4) is 0 Å². The summed E-state index contributed by atoms with van der Waals surface area (Å²) in [5, 5.41) is 3.07. The Morgan fingerprint density at radius 2 is 1.82 bits per heavy atom. The van der Waals surface area contributed by atoms with Gasteiger partial charge in [-0.3, -0.25) is 4.79 Å². The second kappa shape index (κ2) is 13.4. The molecule has 0 saturated carbocycles. The zero-order chi connectivity index (χ0) is 12.8. The van der Waals surface area contributed by atoms with Crippen molar-refractivity contribution in [3.63, 3.8) is 0 Å². The van der Waals surface area contributed by atoms with Crippen molar-refractivity contribution in [2.45, 2.75) is 25.7 Å². The van der Waals surface area contributed by atoms with Crippen LogP contribution in [-0.2, 0) is 19.0 Å². The highest BCUT2D eigenvalue weighted by molar-refractivity contribution is 5.69. The Morgan fingerprint density at radius 3 is 2.53 bits per heavy atom. The highest BCUT2D eigenvalue weighted by Crippen LogP contribution is 2.00. The molecule has 0 amide bonds. The molecule has 0 aromatic heterocycles. The van der Waals surface area contributed by atoms with Gasteiger partial charge >= 0.3 is 5.97 Å². The number of nitrogens with one attached hydrogen (secondary N) is 1. The molecule has 0 heterocycles. The van der Waals surface area contributed by atoms with Crippen molar-refractivity contribution in [1.82, 2.24) is 5.32 Å². The van der Waals surface area contributed by atoms with E-state index in [0.29, 0.717) is 32.8 Å². The van der Waals surface area contributed by atoms with E-state index >= 15 is 0 Å². The SMILES string of the molecule is CNCCCCCC(=O)OCCOCCOC. The molecule has 0 fully saturated rings. The number of rotatable bonds is 12. The minimum atomic E-state index is -0.134. The van der Waals surface area contributed by atoms with Crippen LogP contribution in [0, 0.1) is 0 Å². The average molecular weight is 247 g/mol. The molecule has 5 heteroatoms. The fourth-order valence-electron chi connectivity index (χ4n) is 1.28. The first kappa shape index (κ1) is 16.4. The predicted octanol–water partition coefficient (Wildman–Crippen LogP) is 0.972. The average Bonchev–Trinajstić information content (AvgIpc) is 2.33. The van der Waals surface area contributed by atoms with Gasteiger partial charge in [-0.1, -0.05) is 6.42 Å². The number of hydrogen-bond donors (Lipinski definition) is 1. The first-order valence-electron chi connectivity index (χ1n) is 6.18.